The summed E-state index contributed by atoms with van der Waals surface area (Å²) in [6.45, 7) is 5.42. The lowest BCUT2D eigenvalue weighted by atomic mass is 10.1. The predicted octanol–water partition coefficient (Wildman–Crippen LogP) is 4.34. The number of ether oxygens (including phenoxy) is 2. The molecule has 0 heterocycles. The van der Waals surface area contributed by atoms with Gasteiger partial charge in [-0.25, -0.2) is 14.4 Å². The maximum atomic E-state index is 13.3. The molecule has 0 saturated carbocycles. The molecule has 3 aromatic carbocycles. The molecule has 0 bridgehead atoms. The predicted molar refractivity (Wildman–Crippen MR) is 133 cm³/mol. The van der Waals surface area contributed by atoms with Crippen molar-refractivity contribution >= 4 is 29.5 Å². The number of aliphatic carboxylic acids is 1. The van der Waals surface area contributed by atoms with Crippen LogP contribution in [0.25, 0.3) is 0 Å². The molecule has 0 aliphatic carbocycles. The second-order valence-electron chi connectivity index (χ2n) is 8.23. The van der Waals surface area contributed by atoms with Crippen LogP contribution in [-0.4, -0.2) is 41.1 Å². The van der Waals surface area contributed by atoms with E-state index in [1.54, 1.807) is 62.4 Å². The Hall–Kier alpha value is -4.46. The number of hydrogen-bond donors (Lipinski definition) is 2. The minimum atomic E-state index is -2.10. The Morgan fingerprint density at radius 1 is 0.778 bits per heavy atom. The molecule has 2 unspecified atom stereocenters. The highest BCUT2D eigenvalue weighted by Gasteiger charge is 2.41. The number of aryl methyl sites for hydroxylation is 3. The zero-order valence-corrected chi connectivity index (χ0v) is 20.2. The van der Waals surface area contributed by atoms with Gasteiger partial charge in [-0.2, -0.15) is 0 Å². The van der Waals surface area contributed by atoms with Crippen LogP contribution in [0.5, 0.6) is 0 Å². The van der Waals surface area contributed by atoms with Crippen molar-refractivity contribution in [3.63, 3.8) is 0 Å². The quantitative estimate of drug-likeness (QED) is 0.429. The molecule has 0 radical (unpaired) electrons. The highest BCUT2D eigenvalue weighted by Crippen LogP contribution is 2.19. The first-order valence-corrected chi connectivity index (χ1v) is 11.4. The fraction of sp³-hybridized carbons (Fsp3) is 0.214. The fourth-order valence-corrected chi connectivity index (χ4v) is 3.56. The van der Waals surface area contributed by atoms with E-state index in [0.717, 1.165) is 16.7 Å². The average molecular weight is 490 g/mol. The van der Waals surface area contributed by atoms with E-state index in [0.29, 0.717) is 12.1 Å². The molecular weight excluding hydrogens is 462 g/mol. The number of esters is 2. The van der Waals surface area contributed by atoms with Crippen LogP contribution < -0.4 is 5.32 Å². The summed E-state index contributed by atoms with van der Waals surface area (Å²) in [7, 11) is 0. The van der Waals surface area contributed by atoms with Crippen molar-refractivity contribution in [2.75, 3.05) is 5.32 Å². The summed E-state index contributed by atoms with van der Waals surface area (Å²) in [4.78, 5) is 51.1. The Morgan fingerprint density at radius 2 is 1.31 bits per heavy atom. The van der Waals surface area contributed by atoms with E-state index in [4.69, 9.17) is 9.47 Å². The number of amides is 1. The van der Waals surface area contributed by atoms with Crippen LogP contribution in [0.2, 0.25) is 0 Å². The van der Waals surface area contributed by atoms with Crippen LogP contribution in [0.15, 0.2) is 72.8 Å². The Bertz CT molecular complexity index is 1280. The molecule has 3 rings (SSSR count). The van der Waals surface area contributed by atoms with Gasteiger partial charge in [0.25, 0.3) is 5.91 Å². The van der Waals surface area contributed by atoms with Crippen molar-refractivity contribution in [2.24, 2.45) is 0 Å². The number of nitrogens with one attached hydrogen (secondary N) is 1. The SMILES string of the molecule is CCc1ccccc1NC(=O)C(OC(=O)c1cccc(C)c1)C(OC(=O)c1cccc(C)c1)C(=O)O. The summed E-state index contributed by atoms with van der Waals surface area (Å²) in [5, 5.41) is 12.5. The van der Waals surface area contributed by atoms with Gasteiger partial charge in [0.1, 0.15) is 0 Å². The molecule has 8 nitrogen and oxygen atoms in total. The Balaban J connectivity index is 1.95. The zero-order chi connectivity index (χ0) is 26.2. The lowest BCUT2D eigenvalue weighted by Crippen LogP contribution is -2.48. The summed E-state index contributed by atoms with van der Waals surface area (Å²) in [6.07, 6.45) is -3.47. The molecule has 2 atom stereocenters. The van der Waals surface area contributed by atoms with E-state index in [-0.39, 0.29) is 11.1 Å². The van der Waals surface area contributed by atoms with Gasteiger partial charge in [0.2, 0.25) is 12.2 Å². The number of para-hydroxylation sites is 1. The van der Waals surface area contributed by atoms with E-state index < -0.39 is 36.0 Å². The molecule has 2 N–H and O–H groups in total. The van der Waals surface area contributed by atoms with Gasteiger partial charge in [-0.15, -0.1) is 0 Å². The Labute approximate surface area is 208 Å². The molecule has 3 aromatic rings. The summed E-state index contributed by atoms with van der Waals surface area (Å²) in [6, 6.07) is 19.7. The van der Waals surface area contributed by atoms with Crippen LogP contribution in [0.1, 0.15) is 44.3 Å². The molecule has 8 heteroatoms. The Kier molecular flexibility index (Phi) is 8.57. The maximum Gasteiger partial charge on any atom is 0.349 e. The lowest BCUT2D eigenvalue weighted by molar-refractivity contribution is -0.157. The van der Waals surface area contributed by atoms with E-state index >= 15 is 0 Å². The first-order valence-electron chi connectivity index (χ1n) is 11.4. The largest absolute Gasteiger partial charge is 0.478 e. The maximum absolute atomic E-state index is 13.3. The smallest absolute Gasteiger partial charge is 0.349 e. The molecule has 0 aliphatic rings. The van der Waals surface area contributed by atoms with Gasteiger partial charge >= 0.3 is 17.9 Å². The van der Waals surface area contributed by atoms with Gasteiger partial charge in [0.15, 0.2) is 0 Å². The molecule has 36 heavy (non-hydrogen) atoms. The Morgan fingerprint density at radius 3 is 1.81 bits per heavy atom. The molecule has 0 spiro atoms. The summed E-state index contributed by atoms with van der Waals surface area (Å²) < 4.78 is 10.6. The van der Waals surface area contributed by atoms with Crippen molar-refractivity contribution < 1.29 is 33.8 Å². The zero-order valence-electron chi connectivity index (χ0n) is 20.2. The van der Waals surface area contributed by atoms with Gasteiger partial charge < -0.3 is 19.9 Å². The highest BCUT2D eigenvalue weighted by atomic mass is 16.6. The second kappa shape index (κ2) is 11.8. The van der Waals surface area contributed by atoms with Gasteiger partial charge in [0, 0.05) is 5.69 Å². The van der Waals surface area contributed by atoms with Crippen LogP contribution >= 0.6 is 0 Å². The van der Waals surface area contributed by atoms with Crippen LogP contribution in [0.4, 0.5) is 5.69 Å². The van der Waals surface area contributed by atoms with Crippen LogP contribution in [0.3, 0.4) is 0 Å². The minimum Gasteiger partial charge on any atom is -0.478 e. The van der Waals surface area contributed by atoms with E-state index in [9.17, 15) is 24.3 Å². The number of hydrogen-bond acceptors (Lipinski definition) is 6. The van der Waals surface area contributed by atoms with E-state index in [1.807, 2.05) is 6.92 Å². The van der Waals surface area contributed by atoms with Crippen molar-refractivity contribution in [2.45, 2.75) is 39.4 Å². The molecule has 0 fully saturated rings. The topological polar surface area (TPSA) is 119 Å². The van der Waals surface area contributed by atoms with E-state index in [1.165, 1.54) is 24.3 Å². The van der Waals surface area contributed by atoms with Crippen LogP contribution in [0, 0.1) is 13.8 Å². The van der Waals surface area contributed by atoms with Gasteiger partial charge in [-0.3, -0.25) is 4.79 Å². The van der Waals surface area contributed by atoms with Crippen molar-refractivity contribution in [1.29, 1.82) is 0 Å². The number of carbonyl (C=O) groups is 4. The van der Waals surface area contributed by atoms with E-state index in [2.05, 4.69) is 5.32 Å². The van der Waals surface area contributed by atoms with Crippen molar-refractivity contribution in [3.05, 3.63) is 101 Å². The number of rotatable bonds is 9. The summed E-state index contributed by atoms with van der Waals surface area (Å²) in [5.41, 5.74) is 2.96. The lowest BCUT2D eigenvalue weighted by Gasteiger charge is -2.24. The first-order chi connectivity index (χ1) is 17.2. The third-order valence-electron chi connectivity index (χ3n) is 5.41. The second-order valence-corrected chi connectivity index (χ2v) is 8.23. The van der Waals surface area contributed by atoms with Gasteiger partial charge in [0.05, 0.1) is 11.1 Å². The molecule has 0 aliphatic heterocycles. The number of carboxylic acids is 1. The average Bonchev–Trinajstić information content (AvgIpc) is 2.86. The standard InChI is InChI=1S/C28H27NO7/c1-4-19-11-5-6-14-22(19)29-25(30)23(35-27(33)20-12-7-9-17(2)15-20)24(26(31)32)36-28(34)21-13-8-10-18(3)16-21/h5-16,23-24H,4H2,1-3H3,(H,29,30)(H,31,32). The minimum absolute atomic E-state index is 0.0988. The number of benzene rings is 3. The fourth-order valence-electron chi connectivity index (χ4n) is 3.56. The molecule has 0 aromatic heterocycles. The van der Waals surface area contributed by atoms with Crippen LogP contribution in [-0.2, 0) is 25.5 Å². The first kappa shape index (κ1) is 26.2. The van der Waals surface area contributed by atoms with Crippen molar-refractivity contribution in [1.82, 2.24) is 0 Å². The third kappa shape index (κ3) is 6.56. The monoisotopic (exact) mass is 489 g/mol. The van der Waals surface area contributed by atoms with Gasteiger partial charge in [-0.1, -0.05) is 60.5 Å². The summed E-state index contributed by atoms with van der Waals surface area (Å²) >= 11 is 0. The highest BCUT2D eigenvalue weighted by molar-refractivity contribution is 6.01. The molecular formula is C28H27NO7. The molecule has 0 saturated heterocycles. The number of carbonyl (C=O) groups excluding carboxylic acids is 3. The number of anilines is 1. The third-order valence-corrected chi connectivity index (χ3v) is 5.41. The summed E-state index contributed by atoms with van der Waals surface area (Å²) in [5.74, 6) is -4.48. The normalized spacial score (nSPS) is 12.2. The van der Waals surface area contributed by atoms with Crippen molar-refractivity contribution in [3.8, 4) is 0 Å². The van der Waals surface area contributed by atoms with Gasteiger partial charge in [-0.05, 0) is 56.2 Å². The number of carboxylic acid groups (broad SMARTS) is 1. The molecule has 1 amide bonds. The molecule has 186 valence electrons.